The predicted octanol–water partition coefficient (Wildman–Crippen LogP) is 3.34. The lowest BCUT2D eigenvalue weighted by molar-refractivity contribution is -0.127. The van der Waals surface area contributed by atoms with Crippen molar-refractivity contribution in [2.75, 3.05) is 14.2 Å². The number of pyridine rings is 1. The minimum absolute atomic E-state index is 0.0145. The first-order valence-electron chi connectivity index (χ1n) is 10.4. The van der Waals surface area contributed by atoms with Gasteiger partial charge in [0.15, 0.2) is 11.5 Å². The first-order valence-corrected chi connectivity index (χ1v) is 10.4. The van der Waals surface area contributed by atoms with Gasteiger partial charge in [0.05, 0.1) is 32.5 Å². The van der Waals surface area contributed by atoms with Gasteiger partial charge in [-0.25, -0.2) is 0 Å². The van der Waals surface area contributed by atoms with Crippen LogP contribution in [0.1, 0.15) is 22.4 Å². The summed E-state index contributed by atoms with van der Waals surface area (Å²) in [6.45, 7) is 1.77. The Labute approximate surface area is 182 Å². The number of hydrogen-bond donors (Lipinski definition) is 1. The second-order valence-corrected chi connectivity index (χ2v) is 7.62. The maximum Gasteiger partial charge on any atom is 0.238 e. The Hall–Kier alpha value is -3.38. The molecule has 2 aromatic carbocycles. The molecule has 3 aromatic rings. The summed E-state index contributed by atoms with van der Waals surface area (Å²) in [5, 5.41) is 3.07. The highest BCUT2D eigenvalue weighted by Crippen LogP contribution is 2.30. The molecule has 6 heteroatoms. The monoisotopic (exact) mass is 417 g/mol. The summed E-state index contributed by atoms with van der Waals surface area (Å²) < 4.78 is 10.8. The van der Waals surface area contributed by atoms with Crippen LogP contribution in [0, 0.1) is 0 Å². The molecule has 1 aliphatic rings. The zero-order valence-corrected chi connectivity index (χ0v) is 17.9. The molecule has 31 heavy (non-hydrogen) atoms. The van der Waals surface area contributed by atoms with Crippen molar-refractivity contribution >= 4 is 5.91 Å². The molecule has 0 saturated heterocycles. The smallest absolute Gasteiger partial charge is 0.238 e. The number of nitrogens with zero attached hydrogens (tertiary/aromatic N) is 2. The molecule has 1 amide bonds. The second-order valence-electron chi connectivity index (χ2n) is 7.62. The molecule has 2 heterocycles. The van der Waals surface area contributed by atoms with Crippen LogP contribution in [0.5, 0.6) is 11.5 Å². The molecule has 1 aromatic heterocycles. The van der Waals surface area contributed by atoms with Gasteiger partial charge in [-0.3, -0.25) is 14.7 Å². The molecule has 0 bridgehead atoms. The number of benzene rings is 2. The van der Waals surface area contributed by atoms with Crippen LogP contribution < -0.4 is 14.8 Å². The topological polar surface area (TPSA) is 63.7 Å². The number of aromatic nitrogens is 1. The lowest BCUT2D eigenvalue weighted by Gasteiger charge is -2.36. The first-order chi connectivity index (χ1) is 15.2. The average molecular weight is 418 g/mol. The number of carbonyl (C=O) groups is 1. The van der Waals surface area contributed by atoms with E-state index in [0.29, 0.717) is 37.6 Å². The predicted molar refractivity (Wildman–Crippen MR) is 119 cm³/mol. The van der Waals surface area contributed by atoms with Crippen LogP contribution >= 0.6 is 0 Å². The Balaban J connectivity index is 1.55. The highest BCUT2D eigenvalue weighted by molar-refractivity contribution is 5.82. The van der Waals surface area contributed by atoms with Crippen molar-refractivity contribution < 1.29 is 14.3 Å². The number of rotatable bonds is 7. The Morgan fingerprint density at radius 1 is 1.03 bits per heavy atom. The van der Waals surface area contributed by atoms with E-state index in [0.717, 1.165) is 11.3 Å². The van der Waals surface area contributed by atoms with Gasteiger partial charge < -0.3 is 14.8 Å². The number of carbonyl (C=O) groups excluding carboxylic acids is 1. The van der Waals surface area contributed by atoms with E-state index < -0.39 is 0 Å². The second kappa shape index (κ2) is 9.62. The van der Waals surface area contributed by atoms with E-state index in [2.05, 4.69) is 33.4 Å². The third-order valence-electron chi connectivity index (χ3n) is 5.65. The van der Waals surface area contributed by atoms with E-state index in [1.54, 1.807) is 20.4 Å². The maximum atomic E-state index is 13.2. The first kappa shape index (κ1) is 20.9. The molecule has 1 N–H and O–H groups in total. The van der Waals surface area contributed by atoms with Gasteiger partial charge in [0, 0.05) is 19.3 Å². The highest BCUT2D eigenvalue weighted by atomic mass is 16.5. The Morgan fingerprint density at radius 3 is 2.55 bits per heavy atom. The van der Waals surface area contributed by atoms with Crippen LogP contribution in [0.25, 0.3) is 0 Å². The number of hydrogen-bond acceptors (Lipinski definition) is 5. The fourth-order valence-corrected chi connectivity index (χ4v) is 4.01. The van der Waals surface area contributed by atoms with Gasteiger partial charge in [-0.15, -0.1) is 0 Å². The van der Waals surface area contributed by atoms with Crippen molar-refractivity contribution in [2.45, 2.75) is 32.1 Å². The van der Waals surface area contributed by atoms with Crippen LogP contribution in [0.3, 0.4) is 0 Å². The molecular formula is C25H27N3O3. The number of methoxy groups -OCH3 is 2. The molecule has 1 aliphatic heterocycles. The van der Waals surface area contributed by atoms with E-state index in [1.807, 2.05) is 42.5 Å². The molecule has 0 radical (unpaired) electrons. The molecule has 6 nitrogen and oxygen atoms in total. The summed E-state index contributed by atoms with van der Waals surface area (Å²) in [5.41, 5.74) is 4.40. The number of fused-ring (bicyclic) bond motifs is 1. The Bertz CT molecular complexity index is 1040. The molecule has 1 atom stereocenters. The molecular weight excluding hydrogens is 390 g/mol. The van der Waals surface area contributed by atoms with Gasteiger partial charge in [0.2, 0.25) is 5.91 Å². The van der Waals surface area contributed by atoms with E-state index in [-0.39, 0.29) is 11.9 Å². The quantitative estimate of drug-likeness (QED) is 0.639. The molecule has 4 rings (SSSR count). The normalized spacial score (nSPS) is 15.7. The van der Waals surface area contributed by atoms with Gasteiger partial charge in [0.25, 0.3) is 0 Å². The van der Waals surface area contributed by atoms with E-state index >= 15 is 0 Å². The molecule has 160 valence electrons. The summed E-state index contributed by atoms with van der Waals surface area (Å²) in [6, 6.07) is 19.7. The molecule has 0 spiro atoms. The third kappa shape index (κ3) is 4.86. The fourth-order valence-electron chi connectivity index (χ4n) is 4.01. The molecule has 0 fully saturated rings. The minimum atomic E-state index is -0.258. The number of ether oxygens (including phenoxy) is 2. The van der Waals surface area contributed by atoms with Gasteiger partial charge in [0.1, 0.15) is 0 Å². The van der Waals surface area contributed by atoms with Crippen molar-refractivity contribution in [3.05, 3.63) is 89.2 Å². The third-order valence-corrected chi connectivity index (χ3v) is 5.65. The molecule has 1 unspecified atom stereocenters. The van der Waals surface area contributed by atoms with Gasteiger partial charge in [-0.05, 0) is 47.4 Å². The van der Waals surface area contributed by atoms with Gasteiger partial charge >= 0.3 is 0 Å². The van der Waals surface area contributed by atoms with Crippen LogP contribution in [-0.2, 0) is 30.8 Å². The summed E-state index contributed by atoms with van der Waals surface area (Å²) in [5.74, 6) is 1.40. The average Bonchev–Trinajstić information content (AvgIpc) is 2.82. The van der Waals surface area contributed by atoms with Gasteiger partial charge in [-0.2, -0.15) is 0 Å². The van der Waals surface area contributed by atoms with Crippen molar-refractivity contribution in [3.63, 3.8) is 0 Å². The Kier molecular flexibility index (Phi) is 6.48. The van der Waals surface area contributed by atoms with Crippen LogP contribution in [0.4, 0.5) is 0 Å². The van der Waals surface area contributed by atoms with E-state index in [9.17, 15) is 4.79 Å². The van der Waals surface area contributed by atoms with E-state index in [1.165, 1.54) is 11.1 Å². The summed E-state index contributed by atoms with van der Waals surface area (Å²) in [7, 11) is 3.26. The summed E-state index contributed by atoms with van der Waals surface area (Å²) in [6.07, 6.45) is 2.42. The highest BCUT2D eigenvalue weighted by Gasteiger charge is 2.31. The summed E-state index contributed by atoms with van der Waals surface area (Å²) >= 11 is 0. The van der Waals surface area contributed by atoms with Crippen molar-refractivity contribution in [3.8, 4) is 11.5 Å². The lowest BCUT2D eigenvalue weighted by atomic mass is 9.93. The number of amides is 1. The van der Waals surface area contributed by atoms with Crippen molar-refractivity contribution in [1.29, 1.82) is 0 Å². The van der Waals surface area contributed by atoms with Gasteiger partial charge in [-0.1, -0.05) is 36.4 Å². The van der Waals surface area contributed by atoms with E-state index in [4.69, 9.17) is 9.47 Å². The largest absolute Gasteiger partial charge is 0.493 e. The number of nitrogens with one attached hydrogen (secondary N) is 1. The van der Waals surface area contributed by atoms with Crippen LogP contribution in [-0.4, -0.2) is 36.1 Å². The van der Waals surface area contributed by atoms with Crippen LogP contribution in [0.15, 0.2) is 66.9 Å². The Morgan fingerprint density at radius 2 is 1.81 bits per heavy atom. The minimum Gasteiger partial charge on any atom is -0.493 e. The molecule has 0 aliphatic carbocycles. The van der Waals surface area contributed by atoms with Crippen molar-refractivity contribution in [1.82, 2.24) is 15.2 Å². The zero-order chi connectivity index (χ0) is 21.6. The van der Waals surface area contributed by atoms with Crippen molar-refractivity contribution in [2.24, 2.45) is 0 Å². The fraction of sp³-hybridized carbons (Fsp3) is 0.280. The SMILES string of the molecule is COc1ccc(CN2Cc3ccccc3CC2C(=O)NCc2ccccn2)cc1OC. The lowest BCUT2D eigenvalue weighted by Crippen LogP contribution is -2.49. The zero-order valence-electron chi connectivity index (χ0n) is 17.9. The molecule has 0 saturated carbocycles. The standard InChI is InChI=1S/C25H27N3O3/c1-30-23-11-10-18(13-24(23)31-2)16-28-17-20-8-4-3-7-19(20)14-22(28)25(29)27-15-21-9-5-6-12-26-21/h3-13,22H,14-17H2,1-2H3,(H,27,29). The summed E-state index contributed by atoms with van der Waals surface area (Å²) in [4.78, 5) is 19.7. The van der Waals surface area contributed by atoms with Crippen LogP contribution in [0.2, 0.25) is 0 Å². The maximum absolute atomic E-state index is 13.2.